The van der Waals surface area contributed by atoms with E-state index in [1.165, 1.54) is 18.2 Å². The predicted octanol–water partition coefficient (Wildman–Crippen LogP) is 2.73. The van der Waals surface area contributed by atoms with Gasteiger partial charge in [-0.3, -0.25) is 3.07 Å². The van der Waals surface area contributed by atoms with E-state index in [1.807, 2.05) is 0 Å². The molecule has 5 heteroatoms. The van der Waals surface area contributed by atoms with Gasteiger partial charge in [-0.05, 0) is 18.2 Å². The Labute approximate surface area is 101 Å². The lowest BCUT2D eigenvalue weighted by molar-refractivity contribution is 0.0696. The molecule has 0 bridgehead atoms. The van der Waals surface area contributed by atoms with E-state index in [1.54, 1.807) is 12.1 Å². The summed E-state index contributed by atoms with van der Waals surface area (Å²) in [6.07, 6.45) is 0. The molecule has 4 nitrogen and oxygen atoms in total. The number of aromatic hydroxyl groups is 1. The third-order valence-corrected chi connectivity index (χ3v) is 3.88. The molecule has 82 valence electrons. The highest BCUT2D eigenvalue weighted by atomic mass is 127. The fourth-order valence-corrected chi connectivity index (χ4v) is 2.91. The Morgan fingerprint density at radius 3 is 2.50 bits per heavy atom. The quantitative estimate of drug-likeness (QED) is 0.831. The number of carboxylic acid groups (broad SMARTS) is 1. The van der Waals surface area contributed by atoms with Crippen molar-refractivity contribution in [3.05, 3.63) is 39.5 Å². The Morgan fingerprint density at radius 1 is 1.12 bits per heavy atom. The van der Waals surface area contributed by atoms with Gasteiger partial charge < -0.3 is 10.2 Å². The standard InChI is InChI=1S/C11H7IO4/c13-9-3-1-2-7-6(9)4-5-8(11(14)15)10(7)12-16/h1-5,13H,(H,14,15). The molecular weight excluding hydrogens is 323 g/mol. The topological polar surface area (TPSA) is 74.6 Å². The number of phenolic OH excluding ortho intramolecular Hbond substituents is 1. The van der Waals surface area contributed by atoms with Gasteiger partial charge >= 0.3 is 5.97 Å². The Hall–Kier alpha value is -1.50. The molecule has 2 N–H and O–H groups in total. The first kappa shape index (κ1) is 11.0. The predicted molar refractivity (Wildman–Crippen MR) is 66.0 cm³/mol. The molecule has 0 spiro atoms. The van der Waals surface area contributed by atoms with Gasteiger partial charge in [-0.15, -0.1) is 0 Å². The van der Waals surface area contributed by atoms with Crippen LogP contribution in [-0.4, -0.2) is 16.2 Å². The highest BCUT2D eigenvalue weighted by Gasteiger charge is 2.14. The van der Waals surface area contributed by atoms with Gasteiger partial charge in [0.25, 0.3) is 0 Å². The van der Waals surface area contributed by atoms with E-state index in [2.05, 4.69) is 0 Å². The van der Waals surface area contributed by atoms with E-state index in [0.29, 0.717) is 14.3 Å². The number of rotatable bonds is 2. The second-order valence-electron chi connectivity index (χ2n) is 3.18. The number of fused-ring (bicyclic) bond motifs is 1. The Morgan fingerprint density at radius 2 is 1.88 bits per heavy atom. The number of hydrogen-bond donors (Lipinski definition) is 2. The van der Waals surface area contributed by atoms with Gasteiger partial charge in [0.1, 0.15) is 5.75 Å². The zero-order chi connectivity index (χ0) is 11.7. The number of halogens is 1. The molecule has 0 saturated heterocycles. The van der Waals surface area contributed by atoms with Crippen LogP contribution in [0.4, 0.5) is 0 Å². The zero-order valence-corrected chi connectivity index (χ0v) is 10.1. The molecule has 0 radical (unpaired) electrons. The molecule has 0 fully saturated rings. The summed E-state index contributed by atoms with van der Waals surface area (Å²) in [7, 11) is 0. The van der Waals surface area contributed by atoms with E-state index in [-0.39, 0.29) is 11.3 Å². The average Bonchev–Trinajstić information content (AvgIpc) is 2.27. The van der Waals surface area contributed by atoms with Crippen molar-refractivity contribution in [3.8, 4) is 5.75 Å². The SMILES string of the molecule is O=Ic1c(C(=O)O)ccc2c(O)cccc12. The maximum absolute atomic E-state index is 11.1. The third-order valence-electron chi connectivity index (χ3n) is 2.28. The van der Waals surface area contributed by atoms with Crippen molar-refractivity contribution in [2.45, 2.75) is 0 Å². The van der Waals surface area contributed by atoms with E-state index in [0.717, 1.165) is 0 Å². The molecule has 0 atom stereocenters. The van der Waals surface area contributed by atoms with Crippen LogP contribution in [0.2, 0.25) is 0 Å². The highest BCUT2D eigenvalue weighted by molar-refractivity contribution is 14.1. The lowest BCUT2D eigenvalue weighted by Crippen LogP contribution is -2.00. The second kappa shape index (κ2) is 4.17. The summed E-state index contributed by atoms with van der Waals surface area (Å²) in [5.41, 5.74) is 0.0425. The molecule has 2 aromatic rings. The average molecular weight is 330 g/mol. The van der Waals surface area contributed by atoms with Crippen LogP contribution in [0.15, 0.2) is 30.3 Å². The molecule has 0 heterocycles. The number of carbonyl (C=O) groups is 1. The van der Waals surface area contributed by atoms with E-state index < -0.39 is 27.2 Å². The largest absolute Gasteiger partial charge is 0.507 e. The van der Waals surface area contributed by atoms with Crippen molar-refractivity contribution in [2.24, 2.45) is 0 Å². The molecule has 0 aliphatic rings. The first-order valence-electron chi connectivity index (χ1n) is 4.40. The normalized spacial score (nSPS) is 10.5. The van der Waals surface area contributed by atoms with Crippen LogP contribution in [0.25, 0.3) is 10.8 Å². The number of benzene rings is 2. The van der Waals surface area contributed by atoms with Crippen LogP contribution in [0.1, 0.15) is 10.4 Å². The summed E-state index contributed by atoms with van der Waals surface area (Å²) in [6, 6.07) is 7.67. The van der Waals surface area contributed by atoms with Gasteiger partial charge in [-0.25, -0.2) is 4.79 Å². The van der Waals surface area contributed by atoms with Gasteiger partial charge in [0, 0.05) is 10.8 Å². The van der Waals surface area contributed by atoms with Crippen LogP contribution in [0, 0.1) is 3.57 Å². The number of hydrogen-bond acceptors (Lipinski definition) is 3. The van der Waals surface area contributed by atoms with Crippen LogP contribution in [-0.2, 0) is 3.07 Å². The van der Waals surface area contributed by atoms with Gasteiger partial charge in [-0.2, -0.15) is 0 Å². The van der Waals surface area contributed by atoms with Crippen molar-refractivity contribution in [1.82, 2.24) is 0 Å². The lowest BCUT2D eigenvalue weighted by Gasteiger charge is -2.05. The minimum Gasteiger partial charge on any atom is -0.507 e. The van der Waals surface area contributed by atoms with E-state index >= 15 is 0 Å². The summed E-state index contributed by atoms with van der Waals surface area (Å²) >= 11 is -1.60. The maximum atomic E-state index is 11.1. The fraction of sp³-hybridized carbons (Fsp3) is 0. The van der Waals surface area contributed by atoms with Crippen LogP contribution in [0.5, 0.6) is 5.75 Å². The van der Waals surface area contributed by atoms with Gasteiger partial charge in [-0.1, -0.05) is 12.1 Å². The highest BCUT2D eigenvalue weighted by Crippen LogP contribution is 2.31. The first-order chi connectivity index (χ1) is 7.65. The molecule has 0 saturated carbocycles. The van der Waals surface area contributed by atoms with E-state index in [9.17, 15) is 13.0 Å². The van der Waals surface area contributed by atoms with Crippen molar-refractivity contribution < 1.29 is 18.1 Å². The fourth-order valence-electron chi connectivity index (χ4n) is 1.55. The molecule has 0 amide bonds. The number of carboxylic acids is 1. The van der Waals surface area contributed by atoms with Crippen LogP contribution < -0.4 is 0 Å². The smallest absolute Gasteiger partial charge is 0.336 e. The Bertz CT molecular complexity index is 592. The van der Waals surface area contributed by atoms with Crippen molar-refractivity contribution in [2.75, 3.05) is 0 Å². The van der Waals surface area contributed by atoms with Gasteiger partial charge in [0.15, 0.2) is 21.2 Å². The molecule has 0 aromatic heterocycles. The van der Waals surface area contributed by atoms with Crippen LogP contribution in [0.3, 0.4) is 0 Å². The minimum absolute atomic E-state index is 0.0425. The molecule has 2 rings (SSSR count). The molecule has 2 aromatic carbocycles. The van der Waals surface area contributed by atoms with Crippen molar-refractivity contribution in [1.29, 1.82) is 0 Å². The van der Waals surface area contributed by atoms with Gasteiger partial charge in [0.05, 0.1) is 9.13 Å². The van der Waals surface area contributed by atoms with Gasteiger partial charge in [0.2, 0.25) is 0 Å². The van der Waals surface area contributed by atoms with Crippen molar-refractivity contribution >= 4 is 37.9 Å². The molecule has 0 aliphatic carbocycles. The number of aromatic carboxylic acids is 1. The molecular formula is C11H7IO4. The second-order valence-corrected chi connectivity index (χ2v) is 4.70. The summed E-state index contributed by atoms with van der Waals surface area (Å²) < 4.78 is 11.5. The maximum Gasteiger partial charge on any atom is 0.336 e. The molecule has 0 unspecified atom stereocenters. The number of phenols is 1. The molecule has 0 aliphatic heterocycles. The minimum atomic E-state index is -1.60. The lowest BCUT2D eigenvalue weighted by atomic mass is 10.1. The summed E-state index contributed by atoms with van der Waals surface area (Å²) in [5, 5.41) is 19.6. The Kier molecular flexibility index (Phi) is 2.86. The van der Waals surface area contributed by atoms with E-state index in [4.69, 9.17) is 5.11 Å². The zero-order valence-electron chi connectivity index (χ0n) is 7.98. The Balaban J connectivity index is 2.91. The monoisotopic (exact) mass is 330 g/mol. The summed E-state index contributed by atoms with van der Waals surface area (Å²) in [5.74, 6) is -1.04. The first-order valence-corrected chi connectivity index (χ1v) is 6.36. The third kappa shape index (κ3) is 1.67. The summed E-state index contributed by atoms with van der Waals surface area (Å²) in [6.45, 7) is 0. The van der Waals surface area contributed by atoms with Crippen molar-refractivity contribution in [3.63, 3.8) is 0 Å². The van der Waals surface area contributed by atoms with Crippen LogP contribution >= 0.6 is 21.2 Å². The molecule has 16 heavy (non-hydrogen) atoms. The summed E-state index contributed by atoms with van der Waals surface area (Å²) in [4.78, 5) is 10.9.